The van der Waals surface area contributed by atoms with E-state index in [-0.39, 0.29) is 24.3 Å². The summed E-state index contributed by atoms with van der Waals surface area (Å²) < 4.78 is 11.0. The number of nitrogens with zero attached hydrogens (tertiary/aromatic N) is 4. The molecule has 9 nitrogen and oxygen atoms in total. The van der Waals surface area contributed by atoms with Gasteiger partial charge >= 0.3 is 12.1 Å². The molecular formula is C22H34N6O3. The third-order valence-corrected chi connectivity index (χ3v) is 5.41. The Balaban J connectivity index is 1.69. The molecule has 0 bridgehead atoms. The number of aromatic nitrogens is 2. The van der Waals surface area contributed by atoms with E-state index in [4.69, 9.17) is 14.9 Å². The van der Waals surface area contributed by atoms with Crippen molar-refractivity contribution in [2.45, 2.75) is 66.3 Å². The molecule has 1 aliphatic heterocycles. The van der Waals surface area contributed by atoms with Crippen molar-refractivity contribution < 1.29 is 13.9 Å². The van der Waals surface area contributed by atoms with Crippen LogP contribution in [0.5, 0.6) is 0 Å². The summed E-state index contributed by atoms with van der Waals surface area (Å²) in [6, 6.07) is 4.38. The molecule has 0 radical (unpaired) electrons. The van der Waals surface area contributed by atoms with Crippen LogP contribution in [0.2, 0.25) is 0 Å². The number of carbonyl (C=O) groups excluding carboxylic acids is 1. The van der Waals surface area contributed by atoms with Gasteiger partial charge in [-0.05, 0) is 64.3 Å². The average Bonchev–Trinajstić information content (AvgIpc) is 3.14. The van der Waals surface area contributed by atoms with Crippen molar-refractivity contribution in [1.29, 1.82) is 0 Å². The smallest absolute Gasteiger partial charge is 0.410 e. The van der Waals surface area contributed by atoms with Crippen molar-refractivity contribution in [3.8, 4) is 0 Å². The monoisotopic (exact) mass is 430 g/mol. The first-order valence-corrected chi connectivity index (χ1v) is 10.8. The van der Waals surface area contributed by atoms with E-state index in [0.717, 1.165) is 36.4 Å². The summed E-state index contributed by atoms with van der Waals surface area (Å²) in [5.74, 6) is 0.399. The highest BCUT2D eigenvalue weighted by Gasteiger charge is 2.29. The van der Waals surface area contributed by atoms with Crippen LogP contribution in [0.15, 0.2) is 16.5 Å². The number of aryl methyl sites for hydroxylation is 1. The second-order valence-corrected chi connectivity index (χ2v) is 8.67. The van der Waals surface area contributed by atoms with Gasteiger partial charge in [-0.25, -0.2) is 4.79 Å². The third-order valence-electron chi connectivity index (χ3n) is 5.41. The van der Waals surface area contributed by atoms with E-state index in [1.54, 1.807) is 6.92 Å². The number of rotatable bonds is 6. The van der Waals surface area contributed by atoms with Gasteiger partial charge in [0.25, 0.3) is 0 Å². The lowest BCUT2D eigenvalue weighted by atomic mass is 10.0. The molecule has 0 aliphatic carbocycles. The van der Waals surface area contributed by atoms with Crippen molar-refractivity contribution in [3.05, 3.63) is 34.7 Å². The molecule has 2 heterocycles. The first-order valence-electron chi connectivity index (χ1n) is 10.8. The minimum Gasteiger partial charge on any atom is -0.447 e. The molecule has 1 saturated heterocycles. The van der Waals surface area contributed by atoms with Crippen molar-refractivity contribution in [3.63, 3.8) is 0 Å². The summed E-state index contributed by atoms with van der Waals surface area (Å²) in [5.41, 5.74) is 10.2. The number of hydrogen-bond donors (Lipinski definition) is 2. The van der Waals surface area contributed by atoms with Gasteiger partial charge < -0.3 is 25.1 Å². The summed E-state index contributed by atoms with van der Waals surface area (Å²) >= 11 is 0. The lowest BCUT2D eigenvalue weighted by Crippen LogP contribution is -2.54. The molecule has 0 unspecified atom stereocenters. The van der Waals surface area contributed by atoms with Gasteiger partial charge in [-0.15, -0.1) is 5.10 Å². The number of nitrogens with two attached hydrogens (primary N) is 1. The van der Waals surface area contributed by atoms with Crippen LogP contribution in [-0.4, -0.2) is 57.9 Å². The topological polar surface area (TPSA) is 110 Å². The average molecular weight is 431 g/mol. The predicted octanol–water partition coefficient (Wildman–Crippen LogP) is 3.50. The van der Waals surface area contributed by atoms with Crippen LogP contribution in [0.4, 0.5) is 16.5 Å². The Hall–Kier alpha value is -2.65. The molecule has 1 aromatic carbocycles. The number of anilines is 2. The van der Waals surface area contributed by atoms with Gasteiger partial charge in [-0.3, -0.25) is 4.90 Å². The molecule has 170 valence electrons. The minimum atomic E-state index is -0.310. The van der Waals surface area contributed by atoms with Gasteiger partial charge in [0.15, 0.2) is 0 Å². The molecule has 1 aromatic heterocycles. The number of piperazine rings is 1. The summed E-state index contributed by atoms with van der Waals surface area (Å²) in [7, 11) is 0. The van der Waals surface area contributed by atoms with E-state index in [2.05, 4.69) is 53.3 Å². The zero-order chi connectivity index (χ0) is 22.7. The number of nitrogens with one attached hydrogen (secondary N) is 1. The van der Waals surface area contributed by atoms with Crippen molar-refractivity contribution in [1.82, 2.24) is 20.0 Å². The van der Waals surface area contributed by atoms with E-state index in [1.807, 2.05) is 18.7 Å². The highest BCUT2D eigenvalue weighted by molar-refractivity contribution is 5.68. The lowest BCUT2D eigenvalue weighted by Gasteiger charge is -2.39. The van der Waals surface area contributed by atoms with Crippen molar-refractivity contribution >= 4 is 17.8 Å². The zero-order valence-corrected chi connectivity index (χ0v) is 19.3. The summed E-state index contributed by atoms with van der Waals surface area (Å²) in [6.07, 6.45) is -0.340. The largest absolute Gasteiger partial charge is 0.447 e. The fourth-order valence-electron chi connectivity index (χ4n) is 3.77. The maximum Gasteiger partial charge on any atom is 0.410 e. The summed E-state index contributed by atoms with van der Waals surface area (Å²) in [4.78, 5) is 16.5. The summed E-state index contributed by atoms with van der Waals surface area (Å²) in [6.45, 7) is 14.8. The molecule has 1 fully saturated rings. The maximum atomic E-state index is 12.3. The Morgan fingerprint density at radius 2 is 2.03 bits per heavy atom. The molecule has 9 heteroatoms. The van der Waals surface area contributed by atoms with Gasteiger partial charge in [0.2, 0.25) is 5.89 Å². The van der Waals surface area contributed by atoms with Crippen molar-refractivity contribution in [2.24, 2.45) is 5.73 Å². The SMILES string of the molecule is Cc1cc(CN2CCN(C(=O)OC(C)C)[C@@H](C)C2)c(C)c(Nc2nnc([C@@H](C)N)o2)c1. The standard InChI is InChI=1S/C22H34N6O3/c1-13(2)30-22(29)28-8-7-27(11-15(28)4)12-18-9-14(3)10-19(16(18)5)24-21-26-25-20(31-21)17(6)23/h9-10,13,15,17H,7-8,11-12,23H2,1-6H3,(H,24,26)/t15-,17+/m0/s1. The second-order valence-electron chi connectivity index (χ2n) is 8.67. The molecule has 3 N–H and O–H groups in total. The van der Waals surface area contributed by atoms with E-state index in [0.29, 0.717) is 18.5 Å². The lowest BCUT2D eigenvalue weighted by molar-refractivity contribution is 0.0349. The van der Waals surface area contributed by atoms with E-state index < -0.39 is 0 Å². The first-order chi connectivity index (χ1) is 14.6. The van der Waals surface area contributed by atoms with Crippen LogP contribution < -0.4 is 11.1 Å². The van der Waals surface area contributed by atoms with E-state index >= 15 is 0 Å². The van der Waals surface area contributed by atoms with E-state index in [1.165, 1.54) is 5.56 Å². The van der Waals surface area contributed by atoms with Gasteiger partial charge in [-0.2, -0.15) is 0 Å². The molecule has 1 amide bonds. The molecule has 0 spiro atoms. The molecule has 31 heavy (non-hydrogen) atoms. The number of hydrogen-bond acceptors (Lipinski definition) is 8. The zero-order valence-electron chi connectivity index (χ0n) is 19.3. The normalized spacial score (nSPS) is 18.3. The number of benzene rings is 1. The second kappa shape index (κ2) is 9.65. The minimum absolute atomic E-state index is 0.0952. The van der Waals surface area contributed by atoms with Crippen LogP contribution in [0, 0.1) is 13.8 Å². The van der Waals surface area contributed by atoms with Gasteiger partial charge in [0.1, 0.15) is 0 Å². The Morgan fingerprint density at radius 1 is 1.29 bits per heavy atom. The number of ether oxygens (including phenoxy) is 1. The van der Waals surface area contributed by atoms with Crippen LogP contribution in [0.25, 0.3) is 0 Å². The molecular weight excluding hydrogens is 396 g/mol. The first kappa shape index (κ1) is 23.0. The van der Waals surface area contributed by atoms with Crippen LogP contribution in [0.1, 0.15) is 56.3 Å². The van der Waals surface area contributed by atoms with Gasteiger partial charge in [0.05, 0.1) is 12.1 Å². The van der Waals surface area contributed by atoms with Gasteiger partial charge in [0, 0.05) is 37.9 Å². The van der Waals surface area contributed by atoms with Crippen LogP contribution >= 0.6 is 0 Å². The van der Waals surface area contributed by atoms with Gasteiger partial charge in [-0.1, -0.05) is 11.2 Å². The van der Waals surface area contributed by atoms with Crippen molar-refractivity contribution in [2.75, 3.05) is 25.0 Å². The quantitative estimate of drug-likeness (QED) is 0.717. The molecule has 1 aliphatic rings. The molecule has 2 atom stereocenters. The Labute approximate surface area is 183 Å². The van der Waals surface area contributed by atoms with E-state index in [9.17, 15) is 4.79 Å². The number of carbonyl (C=O) groups is 1. The highest BCUT2D eigenvalue weighted by atomic mass is 16.6. The Morgan fingerprint density at radius 3 is 2.65 bits per heavy atom. The Bertz CT molecular complexity index is 911. The predicted molar refractivity (Wildman–Crippen MR) is 119 cm³/mol. The molecule has 2 aromatic rings. The fourth-order valence-corrected chi connectivity index (χ4v) is 3.77. The van der Waals surface area contributed by atoms with Crippen LogP contribution in [-0.2, 0) is 11.3 Å². The number of amides is 1. The molecule has 0 saturated carbocycles. The summed E-state index contributed by atoms with van der Waals surface area (Å²) in [5, 5.41) is 11.2. The third kappa shape index (κ3) is 5.74. The Kier molecular flexibility index (Phi) is 7.17. The highest BCUT2D eigenvalue weighted by Crippen LogP contribution is 2.27. The van der Waals surface area contributed by atoms with Crippen LogP contribution in [0.3, 0.4) is 0 Å². The fraction of sp³-hybridized carbons (Fsp3) is 0.591. The molecule has 3 rings (SSSR count). The maximum absolute atomic E-state index is 12.3.